The maximum atomic E-state index is 12.6. The number of unbranched alkanes of at least 4 members (excludes halogenated alkanes) is 5. The molecule has 0 radical (unpaired) electrons. The molecule has 1 aromatic rings. The van der Waals surface area contributed by atoms with Gasteiger partial charge >= 0.3 is 6.16 Å². The number of carbonyl (C=O) groups excluding carboxylic acids is 1. The summed E-state index contributed by atoms with van der Waals surface area (Å²) >= 11 is 6.92. The zero-order valence-electron chi connectivity index (χ0n) is 24.3. The lowest BCUT2D eigenvalue weighted by atomic mass is 9.47. The van der Waals surface area contributed by atoms with Gasteiger partial charge in [0, 0.05) is 15.4 Å². The third-order valence-electron chi connectivity index (χ3n) is 11.5. The highest BCUT2D eigenvalue weighted by Crippen LogP contribution is 2.66. The van der Waals surface area contributed by atoms with Crippen molar-refractivity contribution in [2.75, 3.05) is 0 Å². The Balaban J connectivity index is 1.17. The summed E-state index contributed by atoms with van der Waals surface area (Å²) in [6.07, 6.45) is 21.7. The first-order chi connectivity index (χ1) is 18.7. The van der Waals surface area contributed by atoms with Crippen LogP contribution in [0, 0.1) is 34.5 Å². The fourth-order valence-corrected chi connectivity index (χ4v) is 9.88. The lowest BCUT2D eigenvalue weighted by Gasteiger charge is -2.58. The summed E-state index contributed by atoms with van der Waals surface area (Å²) in [5.74, 6) is 3.95. The molecule has 0 saturated heterocycles. The van der Waals surface area contributed by atoms with Crippen LogP contribution in [0.25, 0.3) is 0 Å². The molecule has 5 rings (SSSR count). The molecule has 3 nitrogen and oxygen atoms in total. The van der Waals surface area contributed by atoms with Crippen LogP contribution in [0.3, 0.4) is 0 Å². The second-order valence-electron chi connectivity index (χ2n) is 13.5. The molecule has 0 aliphatic heterocycles. The fraction of sp³-hybridized carbons (Fsp3) is 0.735. The van der Waals surface area contributed by atoms with E-state index in [0.717, 1.165) is 51.9 Å². The standard InChI is InChI=1S/C34H48Br2O3/c1-4-5-6-7-8-9-10-23-12-15-28-27-14-11-24-21-26(17-19-34(24,3)29(27)18-20-33(23,28)2)39-32(37)38-25-13-16-30(35)31(36)22-25/h11,13,16,22-23,26-29H,4-10,12,14-15,17-21H2,1-3H3/t23-,26+,27+,28-,29+,33-,34+/m1/s1. The van der Waals surface area contributed by atoms with Gasteiger partial charge in [-0.15, -0.1) is 0 Å². The van der Waals surface area contributed by atoms with Gasteiger partial charge in [0.15, 0.2) is 0 Å². The molecule has 0 aromatic heterocycles. The second kappa shape index (κ2) is 12.6. The smallest absolute Gasteiger partial charge is 0.430 e. The monoisotopic (exact) mass is 662 g/mol. The van der Waals surface area contributed by atoms with E-state index in [2.05, 4.69) is 58.7 Å². The SMILES string of the molecule is CCCCCCCC[C@@H]1CC[C@@H]2[C@@H]3CC=C4C[C@@H](OC(=O)Oc5ccc(Br)c(Br)c5)CC[C@]4(C)[C@H]3CC[C@]12C. The second-order valence-corrected chi connectivity index (χ2v) is 15.3. The van der Waals surface area contributed by atoms with Crippen molar-refractivity contribution < 1.29 is 14.3 Å². The van der Waals surface area contributed by atoms with Gasteiger partial charge in [0.25, 0.3) is 0 Å². The van der Waals surface area contributed by atoms with Crippen molar-refractivity contribution in [3.8, 4) is 5.75 Å². The number of ether oxygens (including phenoxy) is 2. The summed E-state index contributed by atoms with van der Waals surface area (Å²) in [7, 11) is 0. The Morgan fingerprint density at radius 3 is 2.54 bits per heavy atom. The Bertz CT molecular complexity index is 1050. The Labute approximate surface area is 253 Å². The molecule has 0 heterocycles. The van der Waals surface area contributed by atoms with Crippen molar-refractivity contribution in [1.29, 1.82) is 0 Å². The van der Waals surface area contributed by atoms with Crippen LogP contribution in [0.15, 0.2) is 38.8 Å². The normalized spacial score (nSPS) is 35.4. The molecule has 3 fully saturated rings. The highest BCUT2D eigenvalue weighted by Gasteiger charge is 2.58. The summed E-state index contributed by atoms with van der Waals surface area (Å²) in [5.41, 5.74) is 2.37. The third kappa shape index (κ3) is 6.20. The van der Waals surface area contributed by atoms with Crippen LogP contribution in [0.5, 0.6) is 5.75 Å². The predicted molar refractivity (Wildman–Crippen MR) is 166 cm³/mol. The molecule has 0 N–H and O–H groups in total. The van der Waals surface area contributed by atoms with Crippen molar-refractivity contribution in [2.24, 2.45) is 34.5 Å². The summed E-state index contributed by atoms with van der Waals surface area (Å²) in [5, 5.41) is 0. The van der Waals surface area contributed by atoms with Gasteiger partial charge in [0.1, 0.15) is 11.9 Å². The van der Waals surface area contributed by atoms with Gasteiger partial charge in [-0.3, -0.25) is 0 Å². The lowest BCUT2D eigenvalue weighted by Crippen LogP contribution is -2.50. The molecular formula is C34H48Br2O3. The number of benzene rings is 1. The lowest BCUT2D eigenvalue weighted by molar-refractivity contribution is -0.0538. The van der Waals surface area contributed by atoms with Crippen LogP contribution in [0.4, 0.5) is 4.79 Å². The Kier molecular flexibility index (Phi) is 9.58. The van der Waals surface area contributed by atoms with Crippen LogP contribution >= 0.6 is 31.9 Å². The summed E-state index contributed by atoms with van der Waals surface area (Å²) < 4.78 is 13.1. The van der Waals surface area contributed by atoms with Crippen LogP contribution in [-0.2, 0) is 4.74 Å². The minimum atomic E-state index is -0.595. The predicted octanol–water partition coefficient (Wildman–Crippen LogP) is 11.4. The maximum absolute atomic E-state index is 12.6. The topological polar surface area (TPSA) is 35.5 Å². The Morgan fingerprint density at radius 1 is 0.949 bits per heavy atom. The number of hydrogen-bond donors (Lipinski definition) is 0. The molecule has 7 atom stereocenters. The molecule has 4 aliphatic carbocycles. The van der Waals surface area contributed by atoms with E-state index < -0.39 is 6.16 Å². The fourth-order valence-electron chi connectivity index (χ4n) is 9.28. The van der Waals surface area contributed by atoms with Gasteiger partial charge in [-0.2, -0.15) is 0 Å². The van der Waals surface area contributed by atoms with E-state index in [4.69, 9.17) is 9.47 Å². The van der Waals surface area contributed by atoms with Crippen LogP contribution in [-0.4, -0.2) is 12.3 Å². The van der Waals surface area contributed by atoms with Gasteiger partial charge in [-0.1, -0.05) is 70.9 Å². The van der Waals surface area contributed by atoms with E-state index >= 15 is 0 Å². The first-order valence-electron chi connectivity index (χ1n) is 15.8. The molecule has 0 unspecified atom stereocenters. The largest absolute Gasteiger partial charge is 0.514 e. The number of hydrogen-bond acceptors (Lipinski definition) is 3. The molecule has 1 aromatic carbocycles. The minimum Gasteiger partial charge on any atom is -0.430 e. The van der Waals surface area contributed by atoms with Crippen molar-refractivity contribution in [3.05, 3.63) is 38.8 Å². The molecule has 0 amide bonds. The molecular weight excluding hydrogens is 616 g/mol. The van der Waals surface area contributed by atoms with Gasteiger partial charge in [0.2, 0.25) is 0 Å². The Morgan fingerprint density at radius 2 is 1.74 bits per heavy atom. The highest BCUT2D eigenvalue weighted by atomic mass is 79.9. The van der Waals surface area contributed by atoms with E-state index in [1.807, 2.05) is 6.07 Å². The van der Waals surface area contributed by atoms with E-state index in [0.29, 0.717) is 11.2 Å². The molecule has 0 bridgehead atoms. The van der Waals surface area contributed by atoms with Crippen LogP contribution in [0.2, 0.25) is 0 Å². The van der Waals surface area contributed by atoms with E-state index in [1.54, 1.807) is 17.7 Å². The number of allylic oxidation sites excluding steroid dienone is 1. The first kappa shape index (κ1) is 29.7. The van der Waals surface area contributed by atoms with Crippen LogP contribution in [0.1, 0.15) is 117 Å². The van der Waals surface area contributed by atoms with E-state index in [1.165, 1.54) is 77.0 Å². The summed E-state index contributed by atoms with van der Waals surface area (Å²) in [6, 6.07) is 5.42. The van der Waals surface area contributed by atoms with Crippen molar-refractivity contribution in [2.45, 2.75) is 123 Å². The zero-order valence-corrected chi connectivity index (χ0v) is 27.5. The van der Waals surface area contributed by atoms with Crippen molar-refractivity contribution in [1.82, 2.24) is 0 Å². The first-order valence-corrected chi connectivity index (χ1v) is 17.4. The Hall–Kier alpha value is -0.810. The number of fused-ring (bicyclic) bond motifs is 5. The molecule has 5 heteroatoms. The number of rotatable bonds is 9. The molecule has 3 saturated carbocycles. The average Bonchev–Trinajstić information content (AvgIpc) is 3.24. The molecule has 0 spiro atoms. The van der Waals surface area contributed by atoms with Crippen molar-refractivity contribution >= 4 is 38.0 Å². The van der Waals surface area contributed by atoms with Crippen LogP contribution < -0.4 is 4.74 Å². The number of carbonyl (C=O) groups is 1. The average molecular weight is 665 g/mol. The van der Waals surface area contributed by atoms with Gasteiger partial charge in [-0.05, 0) is 136 Å². The summed E-state index contributed by atoms with van der Waals surface area (Å²) in [6.45, 7) is 7.51. The van der Waals surface area contributed by atoms with Gasteiger partial charge in [-0.25, -0.2) is 4.79 Å². The molecule has 4 aliphatic rings. The maximum Gasteiger partial charge on any atom is 0.514 e. The molecule has 216 valence electrons. The highest BCUT2D eigenvalue weighted by molar-refractivity contribution is 9.13. The quantitative estimate of drug-likeness (QED) is 0.114. The summed E-state index contributed by atoms with van der Waals surface area (Å²) in [4.78, 5) is 12.6. The molecule has 39 heavy (non-hydrogen) atoms. The number of halogens is 2. The van der Waals surface area contributed by atoms with Gasteiger partial charge in [0.05, 0.1) is 0 Å². The third-order valence-corrected chi connectivity index (χ3v) is 13.4. The zero-order chi connectivity index (χ0) is 27.6. The van der Waals surface area contributed by atoms with E-state index in [-0.39, 0.29) is 11.5 Å². The van der Waals surface area contributed by atoms with E-state index in [9.17, 15) is 4.79 Å². The minimum absolute atomic E-state index is 0.0886. The van der Waals surface area contributed by atoms with Gasteiger partial charge < -0.3 is 9.47 Å². The van der Waals surface area contributed by atoms with Crippen molar-refractivity contribution in [3.63, 3.8) is 0 Å².